The molecular weight excluding hydrogens is 282 g/mol. The quantitative estimate of drug-likeness (QED) is 0.843. The van der Waals surface area contributed by atoms with E-state index in [-0.39, 0.29) is 0 Å². The largest absolute Gasteiger partial charge is 0.368 e. The molecule has 3 heteroatoms. The molecule has 2 aliphatic heterocycles. The average Bonchev–Trinajstić information content (AvgIpc) is 2.81. The number of anilines is 1. The first-order valence-electron chi connectivity index (χ1n) is 8.72. The Hall–Kier alpha value is -1.87. The molecule has 0 saturated carbocycles. The van der Waals surface area contributed by atoms with E-state index in [0.29, 0.717) is 6.04 Å². The monoisotopic (exact) mass is 307 g/mol. The lowest BCUT2D eigenvalue weighted by Crippen LogP contribution is -2.36. The third-order valence-electron chi connectivity index (χ3n) is 5.68. The zero-order valence-electron chi connectivity index (χ0n) is 14.1. The Bertz CT molecular complexity index is 697. The second-order valence-corrected chi connectivity index (χ2v) is 6.97. The minimum absolute atomic E-state index is 0.687. The number of aromatic nitrogens is 1. The van der Waals surface area contributed by atoms with E-state index < -0.39 is 0 Å². The molecule has 1 aromatic carbocycles. The van der Waals surface area contributed by atoms with E-state index in [1.807, 2.05) is 6.20 Å². The summed E-state index contributed by atoms with van der Waals surface area (Å²) in [5.41, 5.74) is 4.97. The van der Waals surface area contributed by atoms with Crippen molar-refractivity contribution in [3.63, 3.8) is 0 Å². The van der Waals surface area contributed by atoms with Gasteiger partial charge in [0.15, 0.2) is 0 Å². The number of benzene rings is 1. The molecule has 0 amide bonds. The van der Waals surface area contributed by atoms with Gasteiger partial charge in [0.1, 0.15) is 0 Å². The van der Waals surface area contributed by atoms with Crippen LogP contribution in [0.5, 0.6) is 0 Å². The summed E-state index contributed by atoms with van der Waals surface area (Å²) in [5.74, 6) is 0. The van der Waals surface area contributed by atoms with E-state index in [1.54, 1.807) is 0 Å². The fourth-order valence-corrected chi connectivity index (χ4v) is 4.23. The Morgan fingerprint density at radius 2 is 1.83 bits per heavy atom. The summed E-state index contributed by atoms with van der Waals surface area (Å²) >= 11 is 0. The van der Waals surface area contributed by atoms with Gasteiger partial charge in [-0.05, 0) is 50.9 Å². The van der Waals surface area contributed by atoms with Crippen molar-refractivity contribution in [1.82, 2.24) is 9.88 Å². The molecule has 0 radical (unpaired) electrons. The first kappa shape index (κ1) is 14.7. The molecule has 0 spiro atoms. The maximum absolute atomic E-state index is 4.74. The second kappa shape index (κ2) is 5.97. The molecule has 120 valence electrons. The van der Waals surface area contributed by atoms with Crippen molar-refractivity contribution in [2.24, 2.45) is 0 Å². The van der Waals surface area contributed by atoms with Crippen LogP contribution in [-0.2, 0) is 0 Å². The van der Waals surface area contributed by atoms with Crippen molar-refractivity contribution in [3.8, 4) is 11.3 Å². The van der Waals surface area contributed by atoms with Gasteiger partial charge in [0.2, 0.25) is 0 Å². The molecule has 2 atom stereocenters. The summed E-state index contributed by atoms with van der Waals surface area (Å²) in [6.45, 7) is 4.43. The van der Waals surface area contributed by atoms with Gasteiger partial charge < -0.3 is 4.90 Å². The standard InChI is InChI=1S/C20H25N3/c1-15-6-3-4-7-18(15)20-19(8-5-12-21-20)23-13-11-16-9-10-17(14-23)22(16)2/h3-8,12,16-17H,9-11,13-14H2,1-2H3. The number of aryl methyl sites for hydroxylation is 1. The van der Waals surface area contributed by atoms with Gasteiger partial charge in [-0.2, -0.15) is 0 Å². The van der Waals surface area contributed by atoms with Crippen LogP contribution in [0.25, 0.3) is 11.3 Å². The summed E-state index contributed by atoms with van der Waals surface area (Å²) < 4.78 is 0. The van der Waals surface area contributed by atoms with Crippen molar-refractivity contribution >= 4 is 5.69 Å². The fraction of sp³-hybridized carbons (Fsp3) is 0.450. The molecule has 2 saturated heterocycles. The lowest BCUT2D eigenvalue weighted by Gasteiger charge is -2.29. The number of nitrogens with zero attached hydrogens (tertiary/aromatic N) is 3. The van der Waals surface area contributed by atoms with Gasteiger partial charge in [-0.1, -0.05) is 24.3 Å². The van der Waals surface area contributed by atoms with Crippen molar-refractivity contribution in [2.45, 2.75) is 38.3 Å². The zero-order chi connectivity index (χ0) is 15.8. The Morgan fingerprint density at radius 1 is 1.00 bits per heavy atom. The molecular formula is C20H25N3. The molecule has 2 bridgehead atoms. The zero-order valence-corrected chi connectivity index (χ0v) is 14.1. The van der Waals surface area contributed by atoms with Crippen molar-refractivity contribution in [1.29, 1.82) is 0 Å². The van der Waals surface area contributed by atoms with Gasteiger partial charge >= 0.3 is 0 Å². The van der Waals surface area contributed by atoms with Crippen LogP contribution < -0.4 is 4.90 Å². The van der Waals surface area contributed by atoms with Crippen molar-refractivity contribution in [3.05, 3.63) is 48.2 Å². The Morgan fingerprint density at radius 3 is 2.70 bits per heavy atom. The van der Waals surface area contributed by atoms with Gasteiger partial charge in [-0.15, -0.1) is 0 Å². The predicted octanol–water partition coefficient (Wildman–Crippen LogP) is 3.73. The molecule has 0 N–H and O–H groups in total. The van der Waals surface area contributed by atoms with E-state index in [9.17, 15) is 0 Å². The molecule has 3 heterocycles. The third kappa shape index (κ3) is 2.63. The van der Waals surface area contributed by atoms with Crippen LogP contribution in [0.1, 0.15) is 24.8 Å². The molecule has 23 heavy (non-hydrogen) atoms. The summed E-state index contributed by atoms with van der Waals surface area (Å²) in [4.78, 5) is 9.91. The van der Waals surface area contributed by atoms with Gasteiger partial charge in [0, 0.05) is 36.9 Å². The topological polar surface area (TPSA) is 19.4 Å². The summed E-state index contributed by atoms with van der Waals surface area (Å²) in [6, 6.07) is 14.3. The number of likely N-dealkylation sites (N-methyl/N-ethyl adjacent to an activating group) is 1. The molecule has 2 aromatic rings. The third-order valence-corrected chi connectivity index (χ3v) is 5.68. The van der Waals surface area contributed by atoms with Crippen molar-refractivity contribution in [2.75, 3.05) is 25.0 Å². The van der Waals surface area contributed by atoms with Gasteiger partial charge in [-0.25, -0.2) is 0 Å². The predicted molar refractivity (Wildman–Crippen MR) is 95.8 cm³/mol. The van der Waals surface area contributed by atoms with Crippen molar-refractivity contribution < 1.29 is 0 Å². The Balaban J connectivity index is 1.71. The van der Waals surface area contributed by atoms with E-state index in [1.165, 1.54) is 36.1 Å². The molecule has 0 aliphatic carbocycles. The summed E-state index contributed by atoms with van der Waals surface area (Å²) in [6.07, 6.45) is 5.88. The fourth-order valence-electron chi connectivity index (χ4n) is 4.23. The van der Waals surface area contributed by atoms with Crippen LogP contribution in [0.2, 0.25) is 0 Å². The first-order valence-corrected chi connectivity index (χ1v) is 8.72. The number of rotatable bonds is 2. The smallest absolute Gasteiger partial charge is 0.0937 e. The second-order valence-electron chi connectivity index (χ2n) is 6.97. The van der Waals surface area contributed by atoms with Gasteiger partial charge in [-0.3, -0.25) is 9.88 Å². The Kier molecular flexibility index (Phi) is 3.82. The van der Waals surface area contributed by atoms with Crippen LogP contribution >= 0.6 is 0 Å². The van der Waals surface area contributed by atoms with Gasteiger partial charge in [0.05, 0.1) is 11.4 Å². The lowest BCUT2D eigenvalue weighted by atomic mass is 10.0. The normalized spacial score (nSPS) is 24.7. The highest BCUT2D eigenvalue weighted by atomic mass is 15.3. The molecule has 2 aliphatic rings. The lowest BCUT2D eigenvalue weighted by molar-refractivity contribution is 0.254. The highest BCUT2D eigenvalue weighted by molar-refractivity contribution is 5.77. The van der Waals surface area contributed by atoms with Crippen LogP contribution in [0.4, 0.5) is 5.69 Å². The highest BCUT2D eigenvalue weighted by Crippen LogP contribution is 2.35. The van der Waals surface area contributed by atoms with E-state index in [2.05, 4.69) is 60.2 Å². The maximum atomic E-state index is 4.74. The number of pyridine rings is 1. The number of fused-ring (bicyclic) bond motifs is 2. The van der Waals surface area contributed by atoms with Crippen LogP contribution in [0.3, 0.4) is 0 Å². The van der Waals surface area contributed by atoms with Gasteiger partial charge in [0.25, 0.3) is 0 Å². The number of hydrogen-bond acceptors (Lipinski definition) is 3. The molecule has 4 rings (SSSR count). The van der Waals surface area contributed by atoms with E-state index >= 15 is 0 Å². The summed E-state index contributed by atoms with van der Waals surface area (Å²) in [7, 11) is 2.30. The number of hydrogen-bond donors (Lipinski definition) is 0. The Labute approximate surface area is 139 Å². The average molecular weight is 307 g/mol. The minimum atomic E-state index is 0.687. The van der Waals surface area contributed by atoms with Crippen LogP contribution in [0, 0.1) is 6.92 Å². The molecule has 2 fully saturated rings. The minimum Gasteiger partial charge on any atom is -0.368 e. The maximum Gasteiger partial charge on any atom is 0.0937 e. The molecule has 3 nitrogen and oxygen atoms in total. The molecule has 2 unspecified atom stereocenters. The highest BCUT2D eigenvalue weighted by Gasteiger charge is 2.35. The van der Waals surface area contributed by atoms with Crippen LogP contribution in [-0.4, -0.2) is 42.1 Å². The summed E-state index contributed by atoms with van der Waals surface area (Å²) in [5, 5.41) is 0. The van der Waals surface area contributed by atoms with E-state index in [4.69, 9.17) is 4.98 Å². The first-order chi connectivity index (χ1) is 11.2. The van der Waals surface area contributed by atoms with Crippen LogP contribution in [0.15, 0.2) is 42.6 Å². The molecule has 1 aromatic heterocycles. The SMILES string of the molecule is Cc1ccccc1-c1ncccc1N1CCC2CCC(C1)N2C. The van der Waals surface area contributed by atoms with E-state index in [0.717, 1.165) is 24.8 Å².